The van der Waals surface area contributed by atoms with Gasteiger partial charge in [-0.1, -0.05) is 0 Å². The third-order valence-corrected chi connectivity index (χ3v) is 3.92. The van der Waals surface area contributed by atoms with Gasteiger partial charge in [0, 0.05) is 31.7 Å². The van der Waals surface area contributed by atoms with E-state index >= 15 is 0 Å². The second-order valence-corrected chi connectivity index (χ2v) is 5.29. The molecule has 6 nitrogen and oxygen atoms in total. The maximum atomic E-state index is 11.6. The largest absolute Gasteiger partial charge is 0.450 e. The maximum Gasteiger partial charge on any atom is 0.409 e. The Morgan fingerprint density at radius 2 is 2.00 bits per heavy atom. The standard InChI is InChI=1S/C13H25N3O3.2ClH/c1-2-19-13(18)16-7-4-10(5-8-16)15-11-9-14-6-3-12(11)17;;/h10-12,14-15,17H,2-9H2,1H3;2*1H/t11-,12+;;/m0../s1. The molecule has 0 bridgehead atoms. The highest BCUT2D eigenvalue weighted by molar-refractivity contribution is 5.85. The summed E-state index contributed by atoms with van der Waals surface area (Å²) in [6.07, 6.45) is 2.17. The molecule has 2 atom stereocenters. The van der Waals surface area contributed by atoms with Crippen LogP contribution in [0.2, 0.25) is 0 Å². The van der Waals surface area contributed by atoms with Crippen molar-refractivity contribution in [3.8, 4) is 0 Å². The molecular formula is C13H27Cl2N3O3. The van der Waals surface area contributed by atoms with Gasteiger partial charge in [0.15, 0.2) is 0 Å². The van der Waals surface area contributed by atoms with Crippen molar-refractivity contribution in [1.82, 2.24) is 15.5 Å². The molecule has 0 radical (unpaired) electrons. The number of aliphatic hydroxyl groups is 1. The van der Waals surface area contributed by atoms with Gasteiger partial charge in [0.2, 0.25) is 0 Å². The van der Waals surface area contributed by atoms with Gasteiger partial charge in [-0.05, 0) is 32.7 Å². The molecule has 1 amide bonds. The van der Waals surface area contributed by atoms with Crippen molar-refractivity contribution >= 4 is 30.9 Å². The van der Waals surface area contributed by atoms with Gasteiger partial charge in [0.05, 0.1) is 12.7 Å². The normalized spacial score (nSPS) is 26.5. The third-order valence-electron chi connectivity index (χ3n) is 3.92. The van der Waals surface area contributed by atoms with E-state index in [1.54, 1.807) is 4.90 Å². The Kier molecular flexibility index (Phi) is 10.3. The van der Waals surface area contributed by atoms with Crippen LogP contribution in [-0.4, -0.2) is 67.1 Å². The summed E-state index contributed by atoms with van der Waals surface area (Å²) in [6.45, 7) is 5.42. The molecule has 2 saturated heterocycles. The average Bonchev–Trinajstić information content (AvgIpc) is 2.42. The van der Waals surface area contributed by atoms with Crippen molar-refractivity contribution in [3.05, 3.63) is 0 Å². The lowest BCUT2D eigenvalue weighted by atomic mass is 9.99. The summed E-state index contributed by atoms with van der Waals surface area (Å²) in [5.41, 5.74) is 0. The van der Waals surface area contributed by atoms with Crippen molar-refractivity contribution in [2.24, 2.45) is 0 Å². The van der Waals surface area contributed by atoms with Gasteiger partial charge < -0.3 is 25.4 Å². The van der Waals surface area contributed by atoms with Gasteiger partial charge in [0.1, 0.15) is 0 Å². The van der Waals surface area contributed by atoms with E-state index in [4.69, 9.17) is 4.74 Å². The summed E-state index contributed by atoms with van der Waals surface area (Å²) < 4.78 is 5.00. The zero-order valence-electron chi connectivity index (χ0n) is 12.4. The van der Waals surface area contributed by atoms with Crippen LogP contribution >= 0.6 is 24.8 Å². The minimum absolute atomic E-state index is 0. The van der Waals surface area contributed by atoms with Gasteiger partial charge in [-0.15, -0.1) is 24.8 Å². The first-order chi connectivity index (χ1) is 9.20. The second-order valence-electron chi connectivity index (χ2n) is 5.29. The van der Waals surface area contributed by atoms with E-state index in [1.165, 1.54) is 0 Å². The third kappa shape index (κ3) is 6.16. The number of amides is 1. The number of likely N-dealkylation sites (tertiary alicyclic amines) is 1. The van der Waals surface area contributed by atoms with Crippen molar-refractivity contribution < 1.29 is 14.6 Å². The van der Waals surface area contributed by atoms with Crippen LogP contribution in [0.15, 0.2) is 0 Å². The number of halogens is 2. The molecule has 0 aliphatic carbocycles. The van der Waals surface area contributed by atoms with Gasteiger partial charge in [-0.25, -0.2) is 4.79 Å². The summed E-state index contributed by atoms with van der Waals surface area (Å²) in [7, 11) is 0. The van der Waals surface area contributed by atoms with Gasteiger partial charge in [-0.3, -0.25) is 0 Å². The SMILES string of the molecule is CCOC(=O)N1CCC(N[C@H]2CNCC[C@H]2O)CC1.Cl.Cl. The van der Waals surface area contributed by atoms with E-state index in [0.29, 0.717) is 12.6 Å². The Morgan fingerprint density at radius 3 is 2.57 bits per heavy atom. The summed E-state index contributed by atoms with van der Waals surface area (Å²) in [6, 6.07) is 0.512. The molecule has 0 aromatic rings. The first kappa shape index (κ1) is 20.7. The van der Waals surface area contributed by atoms with E-state index in [9.17, 15) is 9.90 Å². The smallest absolute Gasteiger partial charge is 0.409 e. The number of hydrogen-bond donors (Lipinski definition) is 3. The Hall–Kier alpha value is -0.270. The molecule has 0 spiro atoms. The number of nitrogens with one attached hydrogen (secondary N) is 2. The first-order valence-electron chi connectivity index (χ1n) is 7.27. The van der Waals surface area contributed by atoms with E-state index in [2.05, 4.69) is 10.6 Å². The highest BCUT2D eigenvalue weighted by atomic mass is 35.5. The Morgan fingerprint density at radius 1 is 1.33 bits per heavy atom. The predicted molar refractivity (Wildman–Crippen MR) is 86.5 cm³/mol. The van der Waals surface area contributed by atoms with Gasteiger partial charge in [0.25, 0.3) is 0 Å². The summed E-state index contributed by atoms with van der Waals surface area (Å²) in [5, 5.41) is 16.7. The van der Waals surface area contributed by atoms with Crippen LogP contribution in [0.5, 0.6) is 0 Å². The monoisotopic (exact) mass is 343 g/mol. The summed E-state index contributed by atoms with van der Waals surface area (Å²) >= 11 is 0. The minimum Gasteiger partial charge on any atom is -0.450 e. The maximum absolute atomic E-state index is 11.6. The van der Waals surface area contributed by atoms with Gasteiger partial charge in [-0.2, -0.15) is 0 Å². The zero-order chi connectivity index (χ0) is 13.7. The van der Waals surface area contributed by atoms with Crippen molar-refractivity contribution in [2.75, 3.05) is 32.8 Å². The van der Waals surface area contributed by atoms with Crippen LogP contribution < -0.4 is 10.6 Å². The Balaban J connectivity index is 0.00000200. The van der Waals surface area contributed by atoms with Crippen LogP contribution in [0.1, 0.15) is 26.2 Å². The summed E-state index contributed by atoms with van der Waals surface area (Å²) in [5.74, 6) is 0. The number of carbonyl (C=O) groups is 1. The molecule has 0 aromatic carbocycles. The van der Waals surface area contributed by atoms with Crippen molar-refractivity contribution in [3.63, 3.8) is 0 Å². The molecule has 21 heavy (non-hydrogen) atoms. The summed E-state index contributed by atoms with van der Waals surface area (Å²) in [4.78, 5) is 13.3. The lowest BCUT2D eigenvalue weighted by Gasteiger charge is -2.37. The van der Waals surface area contributed by atoms with Crippen LogP contribution in [0, 0.1) is 0 Å². The molecule has 0 unspecified atom stereocenters. The number of ether oxygens (including phenoxy) is 1. The highest BCUT2D eigenvalue weighted by Gasteiger charge is 2.28. The van der Waals surface area contributed by atoms with Crippen LogP contribution in [0.3, 0.4) is 0 Å². The second kappa shape index (κ2) is 10.5. The molecule has 2 heterocycles. The fourth-order valence-corrected chi connectivity index (χ4v) is 2.76. The van der Waals surface area contributed by atoms with E-state index in [-0.39, 0.29) is 43.1 Å². The highest BCUT2D eigenvalue weighted by Crippen LogP contribution is 2.14. The van der Waals surface area contributed by atoms with Crippen molar-refractivity contribution in [1.29, 1.82) is 0 Å². The van der Waals surface area contributed by atoms with Crippen LogP contribution in [0.25, 0.3) is 0 Å². The fraction of sp³-hybridized carbons (Fsp3) is 0.923. The van der Waals surface area contributed by atoms with Gasteiger partial charge >= 0.3 is 6.09 Å². The predicted octanol–water partition coefficient (Wildman–Crippen LogP) is 0.763. The molecule has 2 fully saturated rings. The quantitative estimate of drug-likeness (QED) is 0.705. The number of nitrogens with zero attached hydrogens (tertiary/aromatic N) is 1. The van der Waals surface area contributed by atoms with Crippen LogP contribution in [-0.2, 0) is 4.74 Å². The number of piperidine rings is 2. The fourth-order valence-electron chi connectivity index (χ4n) is 2.76. The van der Waals surface area contributed by atoms with E-state index < -0.39 is 0 Å². The molecule has 2 aliphatic rings. The molecule has 3 N–H and O–H groups in total. The molecule has 2 rings (SSSR count). The minimum atomic E-state index is -0.260. The van der Waals surface area contributed by atoms with Crippen molar-refractivity contribution in [2.45, 2.75) is 44.4 Å². The Labute approximate surface area is 138 Å². The average molecular weight is 344 g/mol. The first-order valence-corrected chi connectivity index (χ1v) is 7.27. The molecule has 126 valence electrons. The van der Waals surface area contributed by atoms with E-state index in [0.717, 1.165) is 45.4 Å². The lowest BCUT2D eigenvalue weighted by molar-refractivity contribution is 0.0751. The van der Waals surface area contributed by atoms with E-state index in [1.807, 2.05) is 6.92 Å². The molecular weight excluding hydrogens is 317 g/mol. The van der Waals surface area contributed by atoms with Crippen LogP contribution in [0.4, 0.5) is 4.79 Å². The number of rotatable bonds is 3. The topological polar surface area (TPSA) is 73.8 Å². The Bertz CT molecular complexity index is 302. The number of hydrogen-bond acceptors (Lipinski definition) is 5. The number of carbonyl (C=O) groups excluding carboxylic acids is 1. The molecule has 8 heteroatoms. The number of aliphatic hydroxyl groups excluding tert-OH is 1. The zero-order valence-corrected chi connectivity index (χ0v) is 14.0. The molecule has 0 aromatic heterocycles. The molecule has 0 saturated carbocycles. The molecule has 2 aliphatic heterocycles. The lowest BCUT2D eigenvalue weighted by Crippen LogP contribution is -2.57.